The van der Waals surface area contributed by atoms with Crippen LogP contribution in [-0.2, 0) is 4.79 Å². The standard InChI is InChI=1S/C12H8N4O3S2/c13-11-15(10(17)6-20-11)12-14-9(5-21-12)7-1-3-8(4-2-7)16(18)19/h1-5,13H,6H2. The number of nitro groups is 1. The molecule has 0 spiro atoms. The number of aromatic nitrogens is 1. The maximum atomic E-state index is 11.7. The molecule has 9 heteroatoms. The van der Waals surface area contributed by atoms with Crippen LogP contribution < -0.4 is 4.90 Å². The zero-order valence-corrected chi connectivity index (χ0v) is 12.1. The second-order valence-electron chi connectivity index (χ2n) is 4.14. The molecule has 1 amide bonds. The van der Waals surface area contributed by atoms with Gasteiger partial charge in [0.25, 0.3) is 5.69 Å². The Morgan fingerprint density at radius 3 is 2.62 bits per heavy atom. The van der Waals surface area contributed by atoms with Crippen molar-refractivity contribution in [3.63, 3.8) is 0 Å². The van der Waals surface area contributed by atoms with Crippen molar-refractivity contribution in [3.8, 4) is 11.3 Å². The summed E-state index contributed by atoms with van der Waals surface area (Å²) in [6, 6.07) is 6.05. The molecule has 0 radical (unpaired) electrons. The fraction of sp³-hybridized carbons (Fsp3) is 0.0833. The van der Waals surface area contributed by atoms with Crippen LogP contribution in [0, 0.1) is 15.5 Å². The zero-order valence-electron chi connectivity index (χ0n) is 10.5. The quantitative estimate of drug-likeness (QED) is 0.692. The highest BCUT2D eigenvalue weighted by atomic mass is 32.2. The van der Waals surface area contributed by atoms with Gasteiger partial charge < -0.3 is 0 Å². The van der Waals surface area contributed by atoms with Gasteiger partial charge in [0, 0.05) is 23.1 Å². The third-order valence-corrected chi connectivity index (χ3v) is 4.52. The molecule has 1 aromatic carbocycles. The summed E-state index contributed by atoms with van der Waals surface area (Å²) in [6.07, 6.45) is 0. The summed E-state index contributed by atoms with van der Waals surface area (Å²) in [4.78, 5) is 27.5. The van der Waals surface area contributed by atoms with E-state index in [-0.39, 0.29) is 22.5 Å². The molecule has 106 valence electrons. The first-order chi connectivity index (χ1) is 10.1. The van der Waals surface area contributed by atoms with E-state index >= 15 is 0 Å². The Hall–Kier alpha value is -2.26. The summed E-state index contributed by atoms with van der Waals surface area (Å²) in [7, 11) is 0. The number of carbonyl (C=O) groups is 1. The molecule has 1 fully saturated rings. The van der Waals surface area contributed by atoms with Crippen molar-refractivity contribution in [1.29, 1.82) is 5.41 Å². The summed E-state index contributed by atoms with van der Waals surface area (Å²) in [5.74, 6) is 0.0975. The molecule has 1 saturated heterocycles. The van der Waals surface area contributed by atoms with E-state index in [2.05, 4.69) is 4.98 Å². The van der Waals surface area contributed by atoms with Crippen molar-refractivity contribution in [1.82, 2.24) is 4.98 Å². The monoisotopic (exact) mass is 320 g/mol. The van der Waals surface area contributed by atoms with Gasteiger partial charge in [-0.3, -0.25) is 20.3 Å². The van der Waals surface area contributed by atoms with Gasteiger partial charge in [0.15, 0.2) is 10.3 Å². The van der Waals surface area contributed by atoms with E-state index in [9.17, 15) is 14.9 Å². The van der Waals surface area contributed by atoms with E-state index in [4.69, 9.17) is 5.41 Å². The first-order valence-electron chi connectivity index (χ1n) is 5.81. The van der Waals surface area contributed by atoms with Crippen molar-refractivity contribution < 1.29 is 9.72 Å². The van der Waals surface area contributed by atoms with E-state index in [1.54, 1.807) is 17.5 Å². The van der Waals surface area contributed by atoms with Crippen LogP contribution >= 0.6 is 23.1 Å². The summed E-state index contributed by atoms with van der Waals surface area (Å²) < 4.78 is 0. The van der Waals surface area contributed by atoms with Gasteiger partial charge in [0.05, 0.1) is 16.4 Å². The van der Waals surface area contributed by atoms with Gasteiger partial charge in [-0.15, -0.1) is 11.3 Å². The van der Waals surface area contributed by atoms with E-state index in [1.165, 1.54) is 40.1 Å². The lowest BCUT2D eigenvalue weighted by atomic mass is 10.1. The number of amidine groups is 1. The number of amides is 1. The summed E-state index contributed by atoms with van der Waals surface area (Å²) in [5, 5.41) is 20.7. The van der Waals surface area contributed by atoms with Gasteiger partial charge >= 0.3 is 0 Å². The number of thioether (sulfide) groups is 1. The predicted octanol–water partition coefficient (Wildman–Crippen LogP) is 2.73. The lowest BCUT2D eigenvalue weighted by Gasteiger charge is -2.09. The fourth-order valence-corrected chi connectivity index (χ4v) is 3.44. The van der Waals surface area contributed by atoms with Crippen molar-refractivity contribution in [2.75, 3.05) is 10.7 Å². The van der Waals surface area contributed by atoms with Crippen molar-refractivity contribution in [3.05, 3.63) is 39.8 Å². The third-order valence-electron chi connectivity index (χ3n) is 2.84. The molecule has 0 atom stereocenters. The minimum Gasteiger partial charge on any atom is -0.278 e. The maximum absolute atomic E-state index is 11.7. The summed E-state index contributed by atoms with van der Waals surface area (Å²) in [6.45, 7) is 0. The number of benzene rings is 1. The smallest absolute Gasteiger partial charge is 0.269 e. The number of nitrogens with one attached hydrogen (secondary N) is 1. The highest BCUT2D eigenvalue weighted by Crippen LogP contribution is 2.32. The normalized spacial score (nSPS) is 14.8. The topological polar surface area (TPSA) is 100 Å². The first-order valence-corrected chi connectivity index (χ1v) is 7.67. The zero-order chi connectivity index (χ0) is 15.0. The summed E-state index contributed by atoms with van der Waals surface area (Å²) >= 11 is 2.44. The Bertz CT molecular complexity index is 725. The highest BCUT2D eigenvalue weighted by Gasteiger charge is 2.30. The number of hydrogen-bond donors (Lipinski definition) is 1. The SMILES string of the molecule is N=C1SCC(=O)N1c1nc(-c2ccc([N+](=O)[O-])cc2)cs1. The van der Waals surface area contributed by atoms with Crippen molar-refractivity contribution in [2.24, 2.45) is 0 Å². The lowest BCUT2D eigenvalue weighted by molar-refractivity contribution is -0.384. The van der Waals surface area contributed by atoms with Crippen LogP contribution in [0.3, 0.4) is 0 Å². The number of carbonyl (C=O) groups excluding carboxylic acids is 1. The van der Waals surface area contributed by atoms with Crippen LogP contribution in [0.1, 0.15) is 0 Å². The minimum absolute atomic E-state index is 0.0158. The van der Waals surface area contributed by atoms with Crippen LogP contribution in [0.15, 0.2) is 29.6 Å². The molecule has 1 aliphatic rings. The van der Waals surface area contributed by atoms with Gasteiger partial charge in [-0.05, 0) is 12.1 Å². The van der Waals surface area contributed by atoms with Crippen molar-refractivity contribution >= 4 is 45.0 Å². The third kappa shape index (κ3) is 2.52. The Balaban J connectivity index is 1.89. The molecule has 0 unspecified atom stereocenters. The molecule has 0 saturated carbocycles. The molecule has 7 nitrogen and oxygen atoms in total. The second kappa shape index (κ2) is 5.26. The highest BCUT2D eigenvalue weighted by molar-refractivity contribution is 8.15. The van der Waals surface area contributed by atoms with Gasteiger partial charge in [0.1, 0.15) is 0 Å². The second-order valence-corrected chi connectivity index (χ2v) is 5.94. The molecule has 21 heavy (non-hydrogen) atoms. The van der Waals surface area contributed by atoms with Crippen LogP contribution in [0.5, 0.6) is 0 Å². The number of anilines is 1. The van der Waals surface area contributed by atoms with E-state index in [0.29, 0.717) is 10.8 Å². The average Bonchev–Trinajstić information content (AvgIpc) is 3.06. The van der Waals surface area contributed by atoms with Crippen LogP contribution in [0.4, 0.5) is 10.8 Å². The van der Waals surface area contributed by atoms with Gasteiger partial charge in [-0.25, -0.2) is 9.88 Å². The van der Waals surface area contributed by atoms with Crippen LogP contribution in [0.25, 0.3) is 11.3 Å². The first kappa shape index (κ1) is 13.7. The van der Waals surface area contributed by atoms with Gasteiger partial charge in [-0.1, -0.05) is 11.8 Å². The van der Waals surface area contributed by atoms with E-state index < -0.39 is 4.92 Å². The molecular formula is C12H8N4O3S2. The number of thiazole rings is 1. The molecule has 2 aromatic rings. The van der Waals surface area contributed by atoms with Crippen molar-refractivity contribution in [2.45, 2.75) is 0 Å². The number of nitrogens with zero attached hydrogens (tertiary/aromatic N) is 3. The maximum Gasteiger partial charge on any atom is 0.269 e. The Labute approximate surface area is 127 Å². The van der Waals surface area contributed by atoms with Gasteiger partial charge in [0.2, 0.25) is 5.91 Å². The average molecular weight is 320 g/mol. The molecule has 0 aliphatic carbocycles. The molecule has 0 bridgehead atoms. The predicted molar refractivity (Wildman–Crippen MR) is 81.9 cm³/mol. The number of nitro benzene ring substituents is 1. The summed E-state index contributed by atoms with van der Waals surface area (Å²) in [5.41, 5.74) is 1.37. The largest absolute Gasteiger partial charge is 0.278 e. The Kier molecular flexibility index (Phi) is 3.43. The molecule has 1 N–H and O–H groups in total. The molecule has 1 aromatic heterocycles. The number of non-ortho nitro benzene ring substituents is 1. The van der Waals surface area contributed by atoms with Crippen LogP contribution in [0.2, 0.25) is 0 Å². The minimum atomic E-state index is -0.461. The molecular weight excluding hydrogens is 312 g/mol. The van der Waals surface area contributed by atoms with Gasteiger partial charge in [-0.2, -0.15) is 0 Å². The van der Waals surface area contributed by atoms with Crippen LogP contribution in [-0.4, -0.2) is 26.7 Å². The number of rotatable bonds is 3. The molecule has 2 heterocycles. The Morgan fingerprint density at radius 1 is 1.33 bits per heavy atom. The van der Waals surface area contributed by atoms with E-state index in [0.717, 1.165) is 5.56 Å². The molecule has 1 aliphatic heterocycles. The fourth-order valence-electron chi connectivity index (χ4n) is 1.82. The lowest BCUT2D eigenvalue weighted by Crippen LogP contribution is -2.28. The van der Waals surface area contributed by atoms with E-state index in [1.807, 2.05) is 0 Å². The number of hydrogen-bond acceptors (Lipinski definition) is 7. The Morgan fingerprint density at radius 2 is 2.05 bits per heavy atom. The molecule has 3 rings (SSSR count).